The minimum atomic E-state index is -0.358. The maximum Gasteiger partial charge on any atom is 0.407 e. The second kappa shape index (κ2) is 45.2. The number of hydrazine groups is 1. The molecule has 6 unspecified atom stereocenters. The van der Waals surface area contributed by atoms with Gasteiger partial charge in [0.25, 0.3) is 0 Å². The molecule has 5 aliphatic carbocycles. The number of Topliss-reactive ketones (excluding diaryl/α,β-unsaturated/α-hetero) is 3. The summed E-state index contributed by atoms with van der Waals surface area (Å²) >= 11 is 7.75. The van der Waals surface area contributed by atoms with Gasteiger partial charge in [-0.05, 0) is 161 Å². The number of aromatic nitrogens is 18. The van der Waals surface area contributed by atoms with Crippen molar-refractivity contribution in [2.24, 2.45) is 46.0 Å². The lowest BCUT2D eigenvalue weighted by Crippen LogP contribution is -2.41. The fraction of sp³-hybridized carbons (Fsp3) is 0.576. The average molecular weight is 1700 g/mol. The molecule has 9 aromatic rings. The smallest absolute Gasteiger partial charge is 0.407 e. The molecule has 650 valence electrons. The number of aliphatic hydroxyl groups is 2. The minimum Gasteiger partial charge on any atom is -0.445 e. The number of nitrogens with two attached hydrogens (primary N) is 3. The fourth-order valence-corrected chi connectivity index (χ4v) is 15.3. The van der Waals surface area contributed by atoms with Crippen molar-refractivity contribution in [3.05, 3.63) is 148 Å². The summed E-state index contributed by atoms with van der Waals surface area (Å²) in [7, 11) is 1.00. The van der Waals surface area contributed by atoms with E-state index >= 15 is 0 Å². The number of aliphatic imine (C=N–C) groups is 1. The van der Waals surface area contributed by atoms with E-state index in [9.17, 15) is 28.8 Å². The van der Waals surface area contributed by atoms with Crippen LogP contribution in [0.25, 0.3) is 22.6 Å². The van der Waals surface area contributed by atoms with Crippen LogP contribution in [0.4, 0.5) is 4.79 Å². The van der Waals surface area contributed by atoms with Gasteiger partial charge in [-0.1, -0.05) is 72.3 Å². The van der Waals surface area contributed by atoms with Gasteiger partial charge in [0, 0.05) is 157 Å². The highest BCUT2D eigenvalue weighted by molar-refractivity contribution is 8.13. The predicted octanol–water partition coefficient (Wildman–Crippen LogP) is 8.85. The molecule has 7 aromatic heterocycles. The molecule has 0 bridgehead atoms. The maximum atomic E-state index is 12.0. The van der Waals surface area contributed by atoms with Crippen LogP contribution in [0.2, 0.25) is 5.15 Å². The summed E-state index contributed by atoms with van der Waals surface area (Å²) in [6.45, 7) is 14.6. The van der Waals surface area contributed by atoms with Gasteiger partial charge in [-0.25, -0.2) is 35.6 Å². The molecule has 121 heavy (non-hydrogen) atoms. The number of alkyl carbamates (subject to hydrolysis) is 1. The molecule has 34 nitrogen and oxygen atoms in total. The second-order valence-corrected chi connectivity index (χ2v) is 33.5. The number of rotatable bonds is 14. The van der Waals surface area contributed by atoms with Gasteiger partial charge in [-0.3, -0.25) is 34.4 Å². The SMILES string of the molecule is CC(=O)C1CCC(=O)NC1.CC(=O)C1CCc2nnc(C3CC3)n2C1.CCn1c(-c2cnc(C)nc2)nc2c(Cl)ncnc21.CO.CSC1=NCC(C(C)=O)CC1.NC1CCc2nnc(C3CC3)n2C1.NC1CCc2nnc(C3CC3)n2C1.NNC(=O)C1CC1.O=C(NC1CCc2nnc(C3CC3)n2C1)OCc1ccccc1.OCc1ccccc1. The van der Waals surface area contributed by atoms with E-state index in [4.69, 9.17) is 43.9 Å². The predicted molar refractivity (Wildman–Crippen MR) is 458 cm³/mol. The van der Waals surface area contributed by atoms with E-state index in [2.05, 4.69) is 105 Å². The van der Waals surface area contributed by atoms with Crippen molar-refractivity contribution in [3.8, 4) is 11.4 Å². The van der Waals surface area contributed by atoms with E-state index in [0.29, 0.717) is 78.3 Å². The summed E-state index contributed by atoms with van der Waals surface area (Å²) in [4.78, 5) is 91.4. The number of halogens is 1. The highest BCUT2D eigenvalue weighted by Crippen LogP contribution is 2.43. The molecule has 20 rings (SSSR count). The van der Waals surface area contributed by atoms with Crippen molar-refractivity contribution in [3.63, 3.8) is 0 Å². The van der Waals surface area contributed by atoms with Crippen molar-refractivity contribution in [1.82, 2.24) is 105 Å². The Kier molecular flexibility index (Phi) is 34.2. The molecule has 11 N–H and O–H groups in total. The van der Waals surface area contributed by atoms with Crippen molar-refractivity contribution in [2.45, 2.75) is 264 Å². The van der Waals surface area contributed by atoms with Crippen molar-refractivity contribution in [2.75, 3.05) is 26.5 Å². The molecule has 0 spiro atoms. The van der Waals surface area contributed by atoms with Gasteiger partial charge in [0.15, 0.2) is 10.8 Å². The molecular weight excluding hydrogens is 1580 g/mol. The van der Waals surface area contributed by atoms with E-state index < -0.39 is 0 Å². The third-order valence-corrected chi connectivity index (χ3v) is 23.7. The molecule has 6 aliphatic heterocycles. The zero-order valence-corrected chi connectivity index (χ0v) is 72.1. The molecule has 6 atom stereocenters. The number of aryl methyl sites for hydroxylation is 6. The Morgan fingerprint density at radius 2 is 1.04 bits per heavy atom. The molecule has 36 heteroatoms. The van der Waals surface area contributed by atoms with E-state index in [1.807, 2.05) is 85.3 Å². The number of ketones is 3. The number of nitrogens with one attached hydrogen (secondary N) is 3. The third-order valence-electron chi connectivity index (χ3n) is 22.7. The first-order chi connectivity index (χ1) is 58.6. The molecule has 6 fully saturated rings. The fourth-order valence-electron chi connectivity index (χ4n) is 14.6. The number of nitrogens with zero attached hydrogens (tertiary/aromatic N) is 19. The topological polar surface area (TPSA) is 471 Å². The quantitative estimate of drug-likeness (QED) is 0.0218. The van der Waals surface area contributed by atoms with Crippen molar-refractivity contribution in [1.29, 1.82) is 0 Å². The molecular formula is C85H118ClN25O9S. The molecule has 2 aromatic carbocycles. The largest absolute Gasteiger partial charge is 0.445 e. The zero-order chi connectivity index (χ0) is 86.1. The number of carbonyl (C=O) groups excluding carboxylic acids is 6. The summed E-state index contributed by atoms with van der Waals surface area (Å²) in [6, 6.07) is 19.9. The Hall–Kier alpha value is -10.0. The number of aliphatic hydroxyl groups excluding tert-OH is 2. The van der Waals surface area contributed by atoms with Gasteiger partial charge in [-0.15, -0.1) is 52.6 Å². The van der Waals surface area contributed by atoms with Gasteiger partial charge in [0.05, 0.1) is 23.3 Å². The second-order valence-electron chi connectivity index (χ2n) is 32.2. The Balaban J connectivity index is 0.000000135. The maximum absolute atomic E-state index is 12.0. The number of hydrogen-bond acceptors (Lipinski definition) is 27. The van der Waals surface area contributed by atoms with Gasteiger partial charge >= 0.3 is 6.09 Å². The summed E-state index contributed by atoms with van der Waals surface area (Å²) in [5.41, 5.74) is 18.0. The standard InChI is InChI=1S/C17H20N4O2.C12H11ClN6.C11H15N3O.2C9H14N4.C8H13NOS.C7H11NO2.C7H8O.C4H8N2O.CH4O/c22-17(23-11-12-4-2-1-3-5-12)18-14-8-9-15-19-20-16(13-6-7-13)21(15)10-14;1-3-19-11(8-4-14-7(2)15-5-8)18-9-10(13)16-6-17-12(9)19;1-7(15)9-4-5-10-12-13-11(8-2-3-8)14(10)6-9;2*10-7-3-4-8-11-12-9(6-1-2-6)13(8)5-7;1-6(10)7-3-4-8(11-2)9-5-7;1-5(9)6-2-3-7(10)8-4-6;8-6-7-4-2-1-3-5-7;5-6-4(7)3-1-2-3;1-2/h1-5,13-14H,6-11H2,(H,18,22);4-6H,3H2,1-2H3;8-9H,2-6H2,1H3;2*6-7H,1-5,10H2;7H,3-5H2,1-2H3;6H,2-4H2,1H3,(H,8,10);1-5,8H,6H2;3H,1-2,5H2,(H,6,7);2H,1H3. The summed E-state index contributed by atoms with van der Waals surface area (Å²) in [5, 5.41) is 56.7. The number of piperidine rings is 1. The van der Waals surface area contributed by atoms with E-state index in [1.54, 1.807) is 44.9 Å². The monoisotopic (exact) mass is 1700 g/mol. The minimum absolute atomic E-state index is 0.0139. The van der Waals surface area contributed by atoms with Gasteiger partial charge < -0.3 is 59.9 Å². The highest BCUT2D eigenvalue weighted by Gasteiger charge is 2.37. The van der Waals surface area contributed by atoms with Crippen molar-refractivity contribution < 1.29 is 43.7 Å². The Morgan fingerprint density at radius 3 is 1.46 bits per heavy atom. The summed E-state index contributed by atoms with van der Waals surface area (Å²) in [6.07, 6.45) is 29.6. The normalized spacial score (nSPS) is 20.6. The molecule has 5 saturated carbocycles. The molecule has 13 heterocycles. The Bertz CT molecular complexity index is 4820. The number of benzene rings is 2. The van der Waals surface area contributed by atoms with Crippen LogP contribution < -0.4 is 33.4 Å². The van der Waals surface area contributed by atoms with Crippen molar-refractivity contribution >= 4 is 74.8 Å². The number of carbonyl (C=O) groups is 6. The molecule has 1 saturated heterocycles. The van der Waals surface area contributed by atoms with E-state index in [0.717, 1.165) is 192 Å². The summed E-state index contributed by atoms with van der Waals surface area (Å²) < 4.78 is 16.1. The number of imidazole rings is 1. The summed E-state index contributed by atoms with van der Waals surface area (Å²) in [5.74, 6) is 19.4. The first kappa shape index (κ1) is 91.7. The van der Waals surface area contributed by atoms with Crippen LogP contribution in [0, 0.1) is 30.6 Å². The first-order valence-corrected chi connectivity index (χ1v) is 44.0. The van der Waals surface area contributed by atoms with Gasteiger partial charge in [-0.2, -0.15) is 0 Å². The van der Waals surface area contributed by atoms with E-state index in [1.165, 1.54) is 74.4 Å². The number of ether oxygens (including phenoxy) is 1. The van der Waals surface area contributed by atoms with Crippen LogP contribution in [-0.2, 0) is 100 Å². The van der Waals surface area contributed by atoms with Gasteiger partial charge in [0.1, 0.15) is 94.0 Å². The number of amides is 3. The number of thioether (sulfide) groups is 1. The number of hydrogen-bond donors (Lipinski definition) is 8. The lowest BCUT2D eigenvalue weighted by Gasteiger charge is -2.25. The average Bonchev–Trinajstić information content (AvgIpc) is 1.54. The van der Waals surface area contributed by atoms with Gasteiger partial charge in [0.2, 0.25) is 11.8 Å². The third kappa shape index (κ3) is 27.0. The van der Waals surface area contributed by atoms with Crippen LogP contribution in [-0.4, -0.2) is 184 Å². The zero-order valence-electron chi connectivity index (χ0n) is 70.5. The highest BCUT2D eigenvalue weighted by atomic mass is 35.5. The van der Waals surface area contributed by atoms with Crippen LogP contribution in [0.3, 0.4) is 0 Å². The van der Waals surface area contributed by atoms with E-state index in [-0.39, 0.29) is 65.8 Å². The lowest BCUT2D eigenvalue weighted by molar-refractivity contribution is -0.127. The molecule has 11 aliphatic rings. The van der Waals surface area contributed by atoms with Crippen LogP contribution in [0.5, 0.6) is 0 Å². The van der Waals surface area contributed by atoms with Crippen LogP contribution in [0.15, 0.2) is 84.4 Å². The van der Waals surface area contributed by atoms with Crippen LogP contribution in [0.1, 0.15) is 230 Å². The van der Waals surface area contributed by atoms with Crippen LogP contribution >= 0.6 is 23.4 Å². The Labute approximate surface area is 714 Å². The lowest BCUT2D eigenvalue weighted by atomic mass is 9.95. The Morgan fingerprint density at radius 1 is 0.570 bits per heavy atom. The molecule has 3 amide bonds. The number of fused-ring (bicyclic) bond motifs is 5. The molecule has 0 radical (unpaired) electrons. The first-order valence-electron chi connectivity index (χ1n) is 42.4.